The molecule has 1 spiro atoms. The van der Waals surface area contributed by atoms with E-state index in [-0.39, 0.29) is 17.1 Å². The molecule has 2 saturated heterocycles. The number of benzene rings is 4. The van der Waals surface area contributed by atoms with Gasteiger partial charge in [-0.1, -0.05) is 54.1 Å². The molecule has 216 valence electrons. The Morgan fingerprint density at radius 3 is 2.44 bits per heavy atom. The fraction of sp³-hybridized carbons (Fsp3) is 0.235. The van der Waals surface area contributed by atoms with E-state index >= 15 is 0 Å². The second kappa shape index (κ2) is 10.0. The van der Waals surface area contributed by atoms with Crippen molar-refractivity contribution in [3.63, 3.8) is 0 Å². The molecule has 2 atom stereocenters. The summed E-state index contributed by atoms with van der Waals surface area (Å²) in [5.74, 6) is -0.168. The number of nitrogens with zero attached hydrogens (tertiary/aromatic N) is 4. The molecule has 5 aromatic rings. The number of amides is 2. The number of carbonyl (C=O) groups is 2. The van der Waals surface area contributed by atoms with E-state index in [2.05, 4.69) is 15.9 Å². The summed E-state index contributed by atoms with van der Waals surface area (Å²) < 4.78 is 6.17. The van der Waals surface area contributed by atoms with Gasteiger partial charge in [-0.15, -0.1) is 11.8 Å². The van der Waals surface area contributed by atoms with Gasteiger partial charge in [-0.3, -0.25) is 24.3 Å². The number of thioether (sulfide) groups is 1. The average molecular weight is 609 g/mol. The number of hydrogen-bond acceptors (Lipinski definition) is 6. The molecule has 9 heteroatoms. The van der Waals surface area contributed by atoms with Gasteiger partial charge < -0.3 is 9.32 Å². The minimum Gasteiger partial charge on any atom is -0.456 e. The van der Waals surface area contributed by atoms with E-state index in [0.29, 0.717) is 17.9 Å². The molecule has 2 fully saturated rings. The van der Waals surface area contributed by atoms with Crippen LogP contribution in [-0.4, -0.2) is 54.8 Å². The minimum atomic E-state index is -1.19. The lowest BCUT2D eigenvalue weighted by Gasteiger charge is -2.38. The predicted molar refractivity (Wildman–Crippen MR) is 174 cm³/mol. The number of halogens is 1. The Morgan fingerprint density at radius 1 is 0.837 bits per heavy atom. The van der Waals surface area contributed by atoms with E-state index < -0.39 is 4.87 Å². The van der Waals surface area contributed by atoms with Gasteiger partial charge in [0.15, 0.2) is 0 Å². The van der Waals surface area contributed by atoms with Crippen molar-refractivity contribution in [1.29, 1.82) is 0 Å². The number of hydrogen-bond donors (Lipinski definition) is 0. The van der Waals surface area contributed by atoms with Crippen LogP contribution in [0.1, 0.15) is 12.5 Å². The summed E-state index contributed by atoms with van der Waals surface area (Å²) in [5, 5.41) is 2.35. The van der Waals surface area contributed by atoms with Crippen LogP contribution in [0, 0.1) is 0 Å². The number of furan rings is 1. The van der Waals surface area contributed by atoms with Gasteiger partial charge in [-0.25, -0.2) is 0 Å². The third-order valence-corrected chi connectivity index (χ3v) is 10.5. The topological polar surface area (TPSA) is 60.2 Å². The SMILES string of the molecule is C[C@H]1S[C@@]2(C(=O)N(CN3CCN(c4cccc(Cl)c4)CC3)c3ccccc32)N(c2ccc3c(c2)oc2ccccc23)C1=O. The molecule has 0 N–H and O–H groups in total. The minimum absolute atomic E-state index is 0.0828. The van der Waals surface area contributed by atoms with Crippen LogP contribution >= 0.6 is 23.4 Å². The van der Waals surface area contributed by atoms with Crippen LogP contribution < -0.4 is 14.7 Å². The maximum Gasteiger partial charge on any atom is 0.269 e. The summed E-state index contributed by atoms with van der Waals surface area (Å²) in [6, 6.07) is 29.6. The molecule has 0 aliphatic carbocycles. The summed E-state index contributed by atoms with van der Waals surface area (Å²) in [6.45, 7) is 5.63. The zero-order valence-electron chi connectivity index (χ0n) is 23.6. The van der Waals surface area contributed by atoms with Gasteiger partial charge in [0.05, 0.1) is 17.6 Å². The highest BCUT2D eigenvalue weighted by molar-refractivity contribution is 8.03. The smallest absolute Gasteiger partial charge is 0.269 e. The standard InChI is InChI=1S/C34H29ClN4O3S/c1-22-32(40)39(25-13-14-27-26-9-2-5-12-30(26)42-31(27)20-25)34(43-22)28-10-3-4-11-29(28)38(33(34)41)21-36-15-17-37(18-16-36)24-8-6-7-23(35)19-24/h2-14,19-20,22H,15-18,21H2,1H3/t22-,34+/m1/s1. The Balaban J connectivity index is 1.13. The van der Waals surface area contributed by atoms with Crippen LogP contribution in [0.25, 0.3) is 21.9 Å². The molecule has 3 aliphatic rings. The van der Waals surface area contributed by atoms with E-state index in [4.69, 9.17) is 16.0 Å². The summed E-state index contributed by atoms with van der Waals surface area (Å²) >= 11 is 7.66. The monoisotopic (exact) mass is 608 g/mol. The summed E-state index contributed by atoms with van der Waals surface area (Å²) in [4.78, 5) is 35.6. The molecule has 43 heavy (non-hydrogen) atoms. The first-order valence-electron chi connectivity index (χ1n) is 14.5. The molecule has 2 amide bonds. The Bertz CT molecular complexity index is 1920. The zero-order valence-corrected chi connectivity index (χ0v) is 25.1. The summed E-state index contributed by atoms with van der Waals surface area (Å²) in [5.41, 5.74) is 4.97. The molecule has 0 unspecified atom stereocenters. The second-order valence-corrected chi connectivity index (χ2v) is 13.3. The van der Waals surface area contributed by atoms with Gasteiger partial charge in [0.25, 0.3) is 5.91 Å². The van der Waals surface area contributed by atoms with Crippen LogP contribution in [0.3, 0.4) is 0 Å². The molecule has 7 nitrogen and oxygen atoms in total. The van der Waals surface area contributed by atoms with Crippen LogP contribution in [0.5, 0.6) is 0 Å². The molecule has 4 aromatic carbocycles. The van der Waals surface area contributed by atoms with E-state index in [1.165, 1.54) is 11.8 Å². The van der Waals surface area contributed by atoms with E-state index in [0.717, 1.165) is 64.5 Å². The molecule has 4 heterocycles. The number of carbonyl (C=O) groups excluding carboxylic acids is 2. The highest BCUT2D eigenvalue weighted by Crippen LogP contribution is 2.58. The molecule has 0 bridgehead atoms. The average Bonchev–Trinajstić information content (AvgIpc) is 3.61. The number of para-hydroxylation sites is 2. The molecular weight excluding hydrogens is 580 g/mol. The lowest BCUT2D eigenvalue weighted by atomic mass is 10.0. The maximum atomic E-state index is 14.7. The van der Waals surface area contributed by atoms with E-state index in [1.54, 1.807) is 4.90 Å². The van der Waals surface area contributed by atoms with Crippen molar-refractivity contribution in [2.24, 2.45) is 0 Å². The molecule has 3 aliphatic heterocycles. The van der Waals surface area contributed by atoms with Gasteiger partial charge in [-0.05, 0) is 49.4 Å². The lowest BCUT2D eigenvalue weighted by molar-refractivity contribution is -0.124. The predicted octanol–water partition coefficient (Wildman–Crippen LogP) is 6.69. The van der Waals surface area contributed by atoms with Crippen LogP contribution in [0.15, 0.2) is 95.4 Å². The van der Waals surface area contributed by atoms with Crippen molar-refractivity contribution in [2.75, 3.05) is 47.5 Å². The van der Waals surface area contributed by atoms with E-state index in [1.807, 2.05) is 96.8 Å². The molecule has 1 aromatic heterocycles. The Hall–Kier alpha value is -3.98. The highest BCUT2D eigenvalue weighted by atomic mass is 35.5. The van der Waals surface area contributed by atoms with E-state index in [9.17, 15) is 9.59 Å². The van der Waals surface area contributed by atoms with Crippen molar-refractivity contribution >= 4 is 74.2 Å². The van der Waals surface area contributed by atoms with Gasteiger partial charge >= 0.3 is 0 Å². The lowest BCUT2D eigenvalue weighted by Crippen LogP contribution is -2.54. The Kier molecular flexibility index (Phi) is 6.22. The van der Waals surface area contributed by atoms with Gasteiger partial charge in [0.1, 0.15) is 11.2 Å². The first-order valence-corrected chi connectivity index (χ1v) is 15.8. The zero-order chi connectivity index (χ0) is 29.3. The second-order valence-electron chi connectivity index (χ2n) is 11.3. The number of piperazine rings is 1. The fourth-order valence-corrected chi connectivity index (χ4v) is 8.47. The molecule has 8 rings (SSSR count). The van der Waals surface area contributed by atoms with Crippen molar-refractivity contribution in [3.8, 4) is 0 Å². The van der Waals surface area contributed by atoms with Crippen molar-refractivity contribution in [3.05, 3.63) is 102 Å². The number of fused-ring (bicyclic) bond motifs is 5. The third kappa shape index (κ3) is 4.08. The quantitative estimate of drug-likeness (QED) is 0.227. The summed E-state index contributed by atoms with van der Waals surface area (Å²) in [6.07, 6.45) is 0. The number of anilines is 3. The van der Waals surface area contributed by atoms with Gasteiger partial charge in [0.2, 0.25) is 10.8 Å². The first kappa shape index (κ1) is 26.6. The maximum absolute atomic E-state index is 14.7. The van der Waals surface area contributed by atoms with Crippen LogP contribution in [0.2, 0.25) is 5.02 Å². The number of rotatable bonds is 4. The van der Waals surface area contributed by atoms with Crippen molar-refractivity contribution in [2.45, 2.75) is 17.0 Å². The Labute approximate surface area is 258 Å². The normalized spacial score (nSPS) is 22.5. The first-order chi connectivity index (χ1) is 20.9. The molecular formula is C34H29ClN4O3S. The largest absolute Gasteiger partial charge is 0.456 e. The fourth-order valence-electron chi connectivity index (χ4n) is 6.75. The summed E-state index contributed by atoms with van der Waals surface area (Å²) in [7, 11) is 0. The Morgan fingerprint density at radius 2 is 1.60 bits per heavy atom. The van der Waals surface area contributed by atoms with Crippen LogP contribution in [0.4, 0.5) is 17.1 Å². The van der Waals surface area contributed by atoms with Crippen LogP contribution in [-0.2, 0) is 14.5 Å². The molecule has 0 radical (unpaired) electrons. The molecule has 0 saturated carbocycles. The van der Waals surface area contributed by atoms with Crippen molar-refractivity contribution in [1.82, 2.24) is 4.90 Å². The van der Waals surface area contributed by atoms with Crippen molar-refractivity contribution < 1.29 is 14.0 Å². The van der Waals surface area contributed by atoms with Gasteiger partial charge in [-0.2, -0.15) is 0 Å². The van der Waals surface area contributed by atoms with Gasteiger partial charge in [0, 0.05) is 65.0 Å². The third-order valence-electron chi connectivity index (χ3n) is 8.83. The highest BCUT2D eigenvalue weighted by Gasteiger charge is 2.63.